The summed E-state index contributed by atoms with van der Waals surface area (Å²) in [4.78, 5) is 4.08. The second kappa shape index (κ2) is 4.14. The first-order chi connectivity index (χ1) is 6.79. The smallest absolute Gasteiger partial charge is 0.257 e. The molecule has 0 spiro atoms. The summed E-state index contributed by atoms with van der Waals surface area (Å²) in [6, 6.07) is 1.84. The van der Waals surface area contributed by atoms with E-state index in [4.69, 9.17) is 14.2 Å². The van der Waals surface area contributed by atoms with Crippen LogP contribution in [0.5, 0.6) is 11.6 Å². The summed E-state index contributed by atoms with van der Waals surface area (Å²) in [5, 5.41) is 0. The normalized spacial score (nSPS) is 19.4. The summed E-state index contributed by atoms with van der Waals surface area (Å²) in [6.45, 7) is 1.00. The van der Waals surface area contributed by atoms with Crippen LogP contribution in [0.15, 0.2) is 16.7 Å². The average Bonchev–Trinajstić information content (AvgIpc) is 2.17. The van der Waals surface area contributed by atoms with Crippen molar-refractivity contribution in [3.63, 3.8) is 0 Å². The largest absolute Gasteiger partial charge is 0.479 e. The second-order valence-corrected chi connectivity index (χ2v) is 3.88. The lowest BCUT2D eigenvalue weighted by Gasteiger charge is -2.24. The molecule has 14 heavy (non-hydrogen) atoms. The van der Waals surface area contributed by atoms with Crippen molar-refractivity contribution >= 4 is 15.9 Å². The summed E-state index contributed by atoms with van der Waals surface area (Å²) in [5.41, 5.74) is 0. The van der Waals surface area contributed by atoms with Crippen molar-refractivity contribution in [2.75, 3.05) is 20.3 Å². The van der Waals surface area contributed by atoms with Crippen LogP contribution in [0.4, 0.5) is 0 Å². The molecule has 1 aliphatic rings. The van der Waals surface area contributed by atoms with Gasteiger partial charge < -0.3 is 14.2 Å². The van der Waals surface area contributed by atoms with Crippen LogP contribution in [0.2, 0.25) is 0 Å². The molecule has 5 heteroatoms. The number of aromatic nitrogens is 1. The average molecular weight is 260 g/mol. The molecule has 1 aromatic rings. The minimum absolute atomic E-state index is 0.0522. The van der Waals surface area contributed by atoms with Crippen molar-refractivity contribution in [3.05, 3.63) is 16.7 Å². The predicted octanol–water partition coefficient (Wildman–Crippen LogP) is 1.63. The van der Waals surface area contributed by atoms with E-state index in [1.165, 1.54) is 0 Å². The van der Waals surface area contributed by atoms with Gasteiger partial charge in [0.05, 0.1) is 6.61 Å². The molecule has 0 N–H and O–H groups in total. The monoisotopic (exact) mass is 259 g/mol. The highest BCUT2D eigenvalue weighted by atomic mass is 79.9. The van der Waals surface area contributed by atoms with Crippen molar-refractivity contribution in [2.24, 2.45) is 0 Å². The molecule has 0 fully saturated rings. The van der Waals surface area contributed by atoms with Gasteiger partial charge in [-0.15, -0.1) is 0 Å². The van der Waals surface area contributed by atoms with Crippen LogP contribution in [0.1, 0.15) is 0 Å². The van der Waals surface area contributed by atoms with E-state index in [1.807, 2.05) is 6.07 Å². The van der Waals surface area contributed by atoms with Crippen molar-refractivity contribution in [2.45, 2.75) is 6.10 Å². The van der Waals surface area contributed by atoms with E-state index in [0.29, 0.717) is 24.8 Å². The molecule has 1 unspecified atom stereocenters. The Bertz CT molecular complexity index is 332. The molecule has 1 aromatic heterocycles. The summed E-state index contributed by atoms with van der Waals surface area (Å²) in [5.74, 6) is 1.20. The van der Waals surface area contributed by atoms with E-state index in [-0.39, 0.29) is 6.10 Å². The molecule has 4 nitrogen and oxygen atoms in total. The predicted molar refractivity (Wildman–Crippen MR) is 53.7 cm³/mol. The number of pyridine rings is 1. The van der Waals surface area contributed by atoms with Crippen LogP contribution in [0.3, 0.4) is 0 Å². The molecule has 0 radical (unpaired) electrons. The quantitative estimate of drug-likeness (QED) is 0.810. The van der Waals surface area contributed by atoms with Crippen LogP contribution in [-0.4, -0.2) is 31.4 Å². The minimum atomic E-state index is -0.0522. The van der Waals surface area contributed by atoms with E-state index in [0.717, 1.165) is 4.47 Å². The van der Waals surface area contributed by atoms with Gasteiger partial charge in [0, 0.05) is 23.8 Å². The van der Waals surface area contributed by atoms with Gasteiger partial charge in [0.15, 0.2) is 11.9 Å². The fourth-order valence-corrected chi connectivity index (χ4v) is 1.56. The Morgan fingerprint density at radius 2 is 2.57 bits per heavy atom. The molecule has 76 valence electrons. The van der Waals surface area contributed by atoms with Crippen LogP contribution in [-0.2, 0) is 4.74 Å². The number of methoxy groups -OCH3 is 1. The highest BCUT2D eigenvalue weighted by molar-refractivity contribution is 9.10. The Balaban J connectivity index is 2.16. The third kappa shape index (κ3) is 1.99. The lowest BCUT2D eigenvalue weighted by molar-refractivity contribution is 0.0245. The van der Waals surface area contributed by atoms with E-state index < -0.39 is 0 Å². The lowest BCUT2D eigenvalue weighted by Crippen LogP contribution is -2.33. The van der Waals surface area contributed by atoms with Crippen molar-refractivity contribution in [1.82, 2.24) is 4.98 Å². The fraction of sp³-hybridized carbons (Fsp3) is 0.444. The summed E-state index contributed by atoms with van der Waals surface area (Å²) in [6.07, 6.45) is 1.63. The molecule has 0 saturated heterocycles. The zero-order valence-corrected chi connectivity index (χ0v) is 9.28. The molecular weight excluding hydrogens is 250 g/mol. The Hall–Kier alpha value is -0.810. The van der Waals surface area contributed by atoms with E-state index in [9.17, 15) is 0 Å². The summed E-state index contributed by atoms with van der Waals surface area (Å²) >= 11 is 3.32. The Labute approximate surface area is 90.3 Å². The van der Waals surface area contributed by atoms with Gasteiger partial charge in [-0.05, 0) is 15.9 Å². The maximum atomic E-state index is 5.61. The third-order valence-corrected chi connectivity index (χ3v) is 2.27. The van der Waals surface area contributed by atoms with Gasteiger partial charge in [-0.25, -0.2) is 4.98 Å². The number of ether oxygens (including phenoxy) is 3. The van der Waals surface area contributed by atoms with Gasteiger partial charge >= 0.3 is 0 Å². The number of nitrogens with zero attached hydrogens (tertiary/aromatic N) is 1. The molecule has 2 heterocycles. The van der Waals surface area contributed by atoms with Gasteiger partial charge in [0.1, 0.15) is 6.61 Å². The third-order valence-electron chi connectivity index (χ3n) is 1.84. The lowest BCUT2D eigenvalue weighted by atomic mass is 10.3. The van der Waals surface area contributed by atoms with Crippen LogP contribution in [0, 0.1) is 0 Å². The number of rotatable bonds is 2. The van der Waals surface area contributed by atoms with Gasteiger partial charge in [-0.1, -0.05) is 0 Å². The second-order valence-electron chi connectivity index (χ2n) is 2.96. The number of hydrogen-bond acceptors (Lipinski definition) is 4. The summed E-state index contributed by atoms with van der Waals surface area (Å²) in [7, 11) is 1.64. The van der Waals surface area contributed by atoms with Gasteiger partial charge in [0.25, 0.3) is 5.88 Å². The molecule has 1 aliphatic heterocycles. The van der Waals surface area contributed by atoms with Crippen LogP contribution >= 0.6 is 15.9 Å². The molecule has 0 aromatic carbocycles. The molecular formula is C9H10BrNO3. The van der Waals surface area contributed by atoms with E-state index in [1.54, 1.807) is 13.3 Å². The Kier molecular flexibility index (Phi) is 2.88. The maximum Gasteiger partial charge on any atom is 0.257 e. The van der Waals surface area contributed by atoms with Crippen molar-refractivity contribution < 1.29 is 14.2 Å². The van der Waals surface area contributed by atoms with E-state index >= 15 is 0 Å². The Morgan fingerprint density at radius 1 is 1.71 bits per heavy atom. The summed E-state index contributed by atoms with van der Waals surface area (Å²) < 4.78 is 16.9. The number of fused-ring (bicyclic) bond motifs is 1. The first-order valence-electron chi connectivity index (χ1n) is 4.23. The highest BCUT2D eigenvalue weighted by Crippen LogP contribution is 2.31. The minimum Gasteiger partial charge on any atom is -0.479 e. The Morgan fingerprint density at radius 3 is 3.36 bits per heavy atom. The van der Waals surface area contributed by atoms with E-state index in [2.05, 4.69) is 20.9 Å². The number of hydrogen-bond donors (Lipinski definition) is 0. The number of halogens is 1. The molecule has 1 atom stereocenters. The molecule has 0 amide bonds. The first kappa shape index (κ1) is 9.73. The SMILES string of the molecule is COCC1COc2ncc(Br)cc2O1. The molecule has 0 aliphatic carbocycles. The van der Waals surface area contributed by atoms with Gasteiger partial charge in [0.2, 0.25) is 0 Å². The standard InChI is InChI=1S/C9H10BrNO3/c1-12-4-7-5-13-9-8(14-7)2-6(10)3-11-9/h2-3,7H,4-5H2,1H3. The molecule has 0 saturated carbocycles. The highest BCUT2D eigenvalue weighted by Gasteiger charge is 2.21. The maximum absolute atomic E-state index is 5.61. The molecule has 0 bridgehead atoms. The van der Waals surface area contributed by atoms with Crippen molar-refractivity contribution in [1.29, 1.82) is 0 Å². The van der Waals surface area contributed by atoms with Gasteiger partial charge in [-0.2, -0.15) is 0 Å². The molecule has 2 rings (SSSR count). The first-order valence-corrected chi connectivity index (χ1v) is 5.03. The van der Waals surface area contributed by atoms with Crippen LogP contribution in [0.25, 0.3) is 0 Å². The van der Waals surface area contributed by atoms with Crippen molar-refractivity contribution in [3.8, 4) is 11.6 Å². The zero-order valence-electron chi connectivity index (χ0n) is 7.70. The van der Waals surface area contributed by atoms with Crippen LogP contribution < -0.4 is 9.47 Å². The van der Waals surface area contributed by atoms with Gasteiger partial charge in [-0.3, -0.25) is 0 Å². The fourth-order valence-electron chi connectivity index (χ4n) is 1.25. The zero-order chi connectivity index (χ0) is 9.97. The topological polar surface area (TPSA) is 40.6 Å².